The maximum atomic E-state index is 5.23. The van der Waals surface area contributed by atoms with Gasteiger partial charge in [-0.1, -0.05) is 11.3 Å². The third kappa shape index (κ3) is 2.13. The van der Waals surface area contributed by atoms with Gasteiger partial charge in [0, 0.05) is 24.8 Å². The van der Waals surface area contributed by atoms with Crippen molar-refractivity contribution in [3.63, 3.8) is 0 Å². The monoisotopic (exact) mass is 301 g/mol. The highest BCUT2D eigenvalue weighted by Gasteiger charge is 2.19. The summed E-state index contributed by atoms with van der Waals surface area (Å²) < 4.78 is 7.13. The summed E-state index contributed by atoms with van der Waals surface area (Å²) in [5.41, 5.74) is 1.90. The van der Waals surface area contributed by atoms with Crippen molar-refractivity contribution in [2.75, 3.05) is 25.1 Å². The van der Waals surface area contributed by atoms with Gasteiger partial charge in [0.1, 0.15) is 5.75 Å². The molecule has 0 bridgehead atoms. The molecule has 7 heteroatoms. The minimum atomic E-state index is 0.734. The fourth-order valence-electron chi connectivity index (χ4n) is 2.59. The normalized spacial score (nSPS) is 15.0. The van der Waals surface area contributed by atoms with Crippen LogP contribution in [0.25, 0.3) is 16.2 Å². The first-order chi connectivity index (χ1) is 10.3. The van der Waals surface area contributed by atoms with E-state index in [1.807, 2.05) is 16.8 Å². The SMILES string of the molecule is COc1cncc(-c2cnc3sc(N4CCCC4)nn23)c1. The van der Waals surface area contributed by atoms with Crippen molar-refractivity contribution >= 4 is 21.4 Å². The molecular weight excluding hydrogens is 286 g/mol. The lowest BCUT2D eigenvalue weighted by molar-refractivity contribution is 0.413. The minimum absolute atomic E-state index is 0.734. The number of methoxy groups -OCH3 is 1. The van der Waals surface area contributed by atoms with Crippen LogP contribution >= 0.6 is 11.3 Å². The van der Waals surface area contributed by atoms with Gasteiger partial charge in [0.2, 0.25) is 10.1 Å². The van der Waals surface area contributed by atoms with Gasteiger partial charge in [-0.25, -0.2) is 9.50 Å². The molecule has 0 radical (unpaired) electrons. The van der Waals surface area contributed by atoms with Crippen molar-refractivity contribution in [2.24, 2.45) is 0 Å². The van der Waals surface area contributed by atoms with Gasteiger partial charge in [-0.3, -0.25) is 4.98 Å². The highest BCUT2D eigenvalue weighted by atomic mass is 32.1. The van der Waals surface area contributed by atoms with E-state index in [1.54, 1.807) is 30.8 Å². The maximum absolute atomic E-state index is 5.23. The lowest BCUT2D eigenvalue weighted by atomic mass is 10.2. The largest absolute Gasteiger partial charge is 0.495 e. The molecule has 108 valence electrons. The number of fused-ring (bicyclic) bond motifs is 1. The lowest BCUT2D eigenvalue weighted by Crippen LogP contribution is -2.17. The predicted molar refractivity (Wildman–Crippen MR) is 82.1 cm³/mol. The third-order valence-corrected chi connectivity index (χ3v) is 4.68. The number of nitrogens with zero attached hydrogens (tertiary/aromatic N) is 5. The van der Waals surface area contributed by atoms with Crippen LogP contribution < -0.4 is 9.64 Å². The van der Waals surface area contributed by atoms with E-state index in [2.05, 4.69) is 14.9 Å². The van der Waals surface area contributed by atoms with Crippen LogP contribution in [0.2, 0.25) is 0 Å². The van der Waals surface area contributed by atoms with Crippen molar-refractivity contribution in [1.29, 1.82) is 0 Å². The number of ether oxygens (including phenoxy) is 1. The van der Waals surface area contributed by atoms with E-state index in [-0.39, 0.29) is 0 Å². The average Bonchev–Trinajstić information content (AvgIpc) is 3.22. The zero-order valence-electron chi connectivity index (χ0n) is 11.7. The van der Waals surface area contributed by atoms with Crippen molar-refractivity contribution in [3.8, 4) is 17.0 Å². The molecular formula is C14H15N5OS. The summed E-state index contributed by atoms with van der Waals surface area (Å²) in [6.45, 7) is 2.18. The lowest BCUT2D eigenvalue weighted by Gasteiger charge is -2.11. The molecule has 0 amide bonds. The zero-order valence-corrected chi connectivity index (χ0v) is 12.5. The molecule has 0 aromatic carbocycles. The van der Waals surface area contributed by atoms with Gasteiger partial charge < -0.3 is 9.64 Å². The van der Waals surface area contributed by atoms with Crippen LogP contribution in [0.4, 0.5) is 5.13 Å². The molecule has 4 rings (SSSR count). The smallest absolute Gasteiger partial charge is 0.214 e. The summed E-state index contributed by atoms with van der Waals surface area (Å²) >= 11 is 1.63. The Hall–Kier alpha value is -2.15. The molecule has 1 aliphatic rings. The molecule has 0 saturated carbocycles. The number of rotatable bonds is 3. The highest BCUT2D eigenvalue weighted by Crippen LogP contribution is 2.30. The second-order valence-electron chi connectivity index (χ2n) is 5.03. The van der Waals surface area contributed by atoms with Gasteiger partial charge in [0.25, 0.3) is 0 Å². The molecule has 6 nitrogen and oxygen atoms in total. The Morgan fingerprint density at radius 3 is 2.86 bits per heavy atom. The molecule has 0 unspecified atom stereocenters. The summed E-state index contributed by atoms with van der Waals surface area (Å²) in [6, 6.07) is 1.95. The number of pyridine rings is 1. The van der Waals surface area contributed by atoms with Crippen LogP contribution in [0.3, 0.4) is 0 Å². The van der Waals surface area contributed by atoms with Gasteiger partial charge in [-0.05, 0) is 18.9 Å². The molecule has 3 aromatic heterocycles. The summed E-state index contributed by atoms with van der Waals surface area (Å²) in [4.78, 5) is 11.9. The summed E-state index contributed by atoms with van der Waals surface area (Å²) in [5.74, 6) is 0.734. The third-order valence-electron chi connectivity index (χ3n) is 3.70. The molecule has 1 fully saturated rings. The van der Waals surface area contributed by atoms with E-state index in [9.17, 15) is 0 Å². The zero-order chi connectivity index (χ0) is 14.2. The number of aromatic nitrogens is 4. The van der Waals surface area contributed by atoms with Crippen LogP contribution in [-0.4, -0.2) is 39.8 Å². The van der Waals surface area contributed by atoms with Gasteiger partial charge in [-0.2, -0.15) is 0 Å². The van der Waals surface area contributed by atoms with E-state index in [1.165, 1.54) is 12.8 Å². The molecule has 0 aliphatic carbocycles. The Bertz CT molecular complexity index is 775. The van der Waals surface area contributed by atoms with Crippen molar-refractivity contribution < 1.29 is 4.74 Å². The molecule has 0 atom stereocenters. The second-order valence-corrected chi connectivity index (χ2v) is 5.96. The molecule has 4 heterocycles. The fourth-order valence-corrected chi connectivity index (χ4v) is 3.51. The van der Waals surface area contributed by atoms with E-state index in [0.717, 1.165) is 40.2 Å². The summed E-state index contributed by atoms with van der Waals surface area (Å²) in [7, 11) is 1.64. The molecule has 0 N–H and O–H groups in total. The molecule has 3 aromatic rings. The first kappa shape index (κ1) is 12.6. The first-order valence-electron chi connectivity index (χ1n) is 6.94. The fraction of sp³-hybridized carbons (Fsp3) is 0.357. The summed E-state index contributed by atoms with van der Waals surface area (Å²) in [6.07, 6.45) is 7.82. The standard InChI is InChI=1S/C14H15N5OS/c1-20-11-6-10(7-15-8-11)12-9-16-13-19(12)17-14(21-13)18-4-2-3-5-18/h6-9H,2-5H2,1H3. The van der Waals surface area contributed by atoms with Crippen LogP contribution in [-0.2, 0) is 0 Å². The first-order valence-corrected chi connectivity index (χ1v) is 7.76. The molecule has 0 spiro atoms. The number of anilines is 1. The second kappa shape index (κ2) is 5.00. The van der Waals surface area contributed by atoms with Crippen LogP contribution in [0.5, 0.6) is 5.75 Å². The molecule has 21 heavy (non-hydrogen) atoms. The number of hydrogen-bond donors (Lipinski definition) is 0. The van der Waals surface area contributed by atoms with E-state index in [0.29, 0.717) is 0 Å². The van der Waals surface area contributed by atoms with Crippen LogP contribution in [0.1, 0.15) is 12.8 Å². The Labute approximate surface area is 126 Å². The Morgan fingerprint density at radius 1 is 1.19 bits per heavy atom. The van der Waals surface area contributed by atoms with E-state index >= 15 is 0 Å². The maximum Gasteiger partial charge on any atom is 0.214 e. The molecule has 1 aliphatic heterocycles. The van der Waals surface area contributed by atoms with Gasteiger partial charge >= 0.3 is 0 Å². The van der Waals surface area contributed by atoms with Crippen LogP contribution in [0, 0.1) is 0 Å². The van der Waals surface area contributed by atoms with Crippen LogP contribution in [0.15, 0.2) is 24.7 Å². The van der Waals surface area contributed by atoms with E-state index < -0.39 is 0 Å². The van der Waals surface area contributed by atoms with Crippen molar-refractivity contribution in [1.82, 2.24) is 19.6 Å². The minimum Gasteiger partial charge on any atom is -0.495 e. The predicted octanol–water partition coefficient (Wildman–Crippen LogP) is 2.46. The number of hydrogen-bond acceptors (Lipinski definition) is 6. The highest BCUT2D eigenvalue weighted by molar-refractivity contribution is 7.20. The average molecular weight is 301 g/mol. The number of imidazole rings is 1. The Balaban J connectivity index is 1.77. The van der Waals surface area contributed by atoms with Gasteiger partial charge in [0.05, 0.1) is 25.2 Å². The van der Waals surface area contributed by atoms with Gasteiger partial charge in [-0.15, -0.1) is 5.10 Å². The quantitative estimate of drug-likeness (QED) is 0.744. The van der Waals surface area contributed by atoms with Crippen molar-refractivity contribution in [3.05, 3.63) is 24.7 Å². The Morgan fingerprint density at radius 2 is 2.05 bits per heavy atom. The molecule has 1 saturated heterocycles. The van der Waals surface area contributed by atoms with Gasteiger partial charge in [0.15, 0.2) is 0 Å². The summed E-state index contributed by atoms with van der Waals surface area (Å²) in [5, 5.41) is 5.77. The van der Waals surface area contributed by atoms with Crippen molar-refractivity contribution in [2.45, 2.75) is 12.8 Å². The Kier molecular flexibility index (Phi) is 2.99. The van der Waals surface area contributed by atoms with E-state index in [4.69, 9.17) is 9.84 Å². The topological polar surface area (TPSA) is 55.6 Å².